The molecule has 0 unspecified atom stereocenters. The quantitative estimate of drug-likeness (QED) is 0.767. The van der Waals surface area contributed by atoms with Crippen molar-refractivity contribution in [3.05, 3.63) is 54.1 Å². The number of hydrogen-bond acceptors (Lipinski definition) is 2. The van der Waals surface area contributed by atoms with Crippen molar-refractivity contribution in [1.82, 2.24) is 0 Å². The molecule has 0 saturated carbocycles. The molecule has 2 heteroatoms. The zero-order valence-electron chi connectivity index (χ0n) is 10.5. The molecule has 0 bridgehead atoms. The molecule has 0 spiro atoms. The van der Waals surface area contributed by atoms with Gasteiger partial charge in [-0.1, -0.05) is 24.3 Å². The first-order valence-electron chi connectivity index (χ1n) is 6.55. The van der Waals surface area contributed by atoms with Crippen LogP contribution in [0.15, 0.2) is 48.5 Å². The van der Waals surface area contributed by atoms with Crippen molar-refractivity contribution in [2.45, 2.75) is 19.3 Å². The highest BCUT2D eigenvalue weighted by Crippen LogP contribution is 2.33. The average molecular weight is 238 g/mol. The molecular formula is C16H18N2. The Balaban J connectivity index is 2.06. The van der Waals surface area contributed by atoms with Crippen LogP contribution in [0.3, 0.4) is 0 Å². The van der Waals surface area contributed by atoms with Gasteiger partial charge in [0, 0.05) is 23.6 Å². The van der Waals surface area contributed by atoms with E-state index in [0.717, 1.165) is 12.2 Å². The van der Waals surface area contributed by atoms with Crippen LogP contribution >= 0.6 is 0 Å². The molecule has 0 aliphatic carbocycles. The average Bonchev–Trinajstić information content (AvgIpc) is 2.61. The lowest BCUT2D eigenvalue weighted by Gasteiger charge is -2.25. The number of anilines is 3. The molecule has 2 nitrogen and oxygen atoms in total. The molecule has 0 saturated heterocycles. The molecule has 1 aliphatic rings. The van der Waals surface area contributed by atoms with Crippen LogP contribution in [0.4, 0.5) is 17.1 Å². The first-order valence-corrected chi connectivity index (χ1v) is 6.55. The lowest BCUT2D eigenvalue weighted by atomic mass is 10.1. The Bertz CT molecular complexity index is 548. The van der Waals surface area contributed by atoms with Gasteiger partial charge in [0.25, 0.3) is 0 Å². The molecule has 0 amide bonds. The fourth-order valence-corrected chi connectivity index (χ4v) is 2.65. The van der Waals surface area contributed by atoms with Crippen LogP contribution in [-0.2, 0) is 6.42 Å². The molecule has 3 rings (SSSR count). The Labute approximate surface area is 108 Å². The summed E-state index contributed by atoms with van der Waals surface area (Å²) in [5, 5.41) is 0. The van der Waals surface area contributed by atoms with Crippen LogP contribution in [0.25, 0.3) is 0 Å². The highest BCUT2D eigenvalue weighted by atomic mass is 15.1. The van der Waals surface area contributed by atoms with E-state index in [1.807, 2.05) is 12.1 Å². The van der Waals surface area contributed by atoms with Crippen LogP contribution in [0.2, 0.25) is 0 Å². The minimum atomic E-state index is 0.828. The Hall–Kier alpha value is -1.96. The van der Waals surface area contributed by atoms with E-state index in [1.54, 1.807) is 0 Å². The van der Waals surface area contributed by atoms with E-state index in [1.165, 1.54) is 36.2 Å². The first kappa shape index (κ1) is 11.1. The molecule has 0 fully saturated rings. The smallest absolute Gasteiger partial charge is 0.0443 e. The van der Waals surface area contributed by atoms with Crippen molar-refractivity contribution >= 4 is 17.1 Å². The zero-order valence-corrected chi connectivity index (χ0v) is 10.5. The molecule has 1 heterocycles. The number of hydrogen-bond donors (Lipinski definition) is 1. The summed E-state index contributed by atoms with van der Waals surface area (Å²) in [5.41, 5.74) is 10.7. The maximum Gasteiger partial charge on any atom is 0.0443 e. The zero-order chi connectivity index (χ0) is 12.4. The first-order chi connectivity index (χ1) is 8.84. The number of rotatable bonds is 1. The predicted molar refractivity (Wildman–Crippen MR) is 77.2 cm³/mol. The minimum Gasteiger partial charge on any atom is -0.399 e. The summed E-state index contributed by atoms with van der Waals surface area (Å²) in [5.74, 6) is 0. The molecule has 0 atom stereocenters. The second kappa shape index (κ2) is 4.73. The van der Waals surface area contributed by atoms with Crippen LogP contribution in [-0.4, -0.2) is 6.54 Å². The van der Waals surface area contributed by atoms with Crippen molar-refractivity contribution in [3.8, 4) is 0 Å². The second-order valence-corrected chi connectivity index (χ2v) is 4.83. The van der Waals surface area contributed by atoms with Gasteiger partial charge in [-0.05, 0) is 49.1 Å². The number of nitrogen functional groups attached to an aromatic ring is 1. The minimum absolute atomic E-state index is 0.828. The lowest BCUT2D eigenvalue weighted by Crippen LogP contribution is -2.17. The normalized spacial score (nSPS) is 15.0. The van der Waals surface area contributed by atoms with Crippen LogP contribution in [0, 0.1) is 0 Å². The standard InChI is InChI=1S/C16H18N2/c17-14-8-5-9-15(12-14)18-11-4-3-7-13-6-1-2-10-16(13)18/h1-2,5-6,8-10,12H,3-4,7,11,17H2. The largest absolute Gasteiger partial charge is 0.399 e. The molecule has 18 heavy (non-hydrogen) atoms. The Morgan fingerprint density at radius 3 is 2.72 bits per heavy atom. The highest BCUT2D eigenvalue weighted by Gasteiger charge is 2.16. The summed E-state index contributed by atoms with van der Waals surface area (Å²) in [6.07, 6.45) is 3.66. The maximum atomic E-state index is 5.90. The summed E-state index contributed by atoms with van der Waals surface area (Å²) in [7, 11) is 0. The summed E-state index contributed by atoms with van der Waals surface area (Å²) in [6.45, 7) is 1.07. The van der Waals surface area contributed by atoms with Gasteiger partial charge in [-0.3, -0.25) is 0 Å². The third-order valence-electron chi connectivity index (χ3n) is 3.54. The second-order valence-electron chi connectivity index (χ2n) is 4.83. The molecule has 2 aromatic carbocycles. The Morgan fingerprint density at radius 2 is 1.83 bits per heavy atom. The van der Waals surface area contributed by atoms with Crippen molar-refractivity contribution in [2.75, 3.05) is 17.2 Å². The molecule has 0 radical (unpaired) electrons. The van der Waals surface area contributed by atoms with Gasteiger partial charge in [0.05, 0.1) is 0 Å². The predicted octanol–water partition coefficient (Wildman–Crippen LogP) is 3.74. The van der Waals surface area contributed by atoms with Gasteiger partial charge in [0.1, 0.15) is 0 Å². The third-order valence-corrected chi connectivity index (χ3v) is 3.54. The number of benzene rings is 2. The van der Waals surface area contributed by atoms with Gasteiger partial charge >= 0.3 is 0 Å². The van der Waals surface area contributed by atoms with Gasteiger partial charge in [0.15, 0.2) is 0 Å². The van der Waals surface area contributed by atoms with Crippen LogP contribution < -0.4 is 10.6 Å². The van der Waals surface area contributed by atoms with E-state index >= 15 is 0 Å². The van der Waals surface area contributed by atoms with Crippen LogP contribution in [0.5, 0.6) is 0 Å². The number of aryl methyl sites for hydroxylation is 1. The van der Waals surface area contributed by atoms with E-state index in [-0.39, 0.29) is 0 Å². The van der Waals surface area contributed by atoms with Gasteiger partial charge < -0.3 is 10.6 Å². The molecule has 1 aliphatic heterocycles. The van der Waals surface area contributed by atoms with Crippen molar-refractivity contribution in [2.24, 2.45) is 0 Å². The van der Waals surface area contributed by atoms with Gasteiger partial charge in [-0.25, -0.2) is 0 Å². The topological polar surface area (TPSA) is 29.3 Å². The molecule has 2 N–H and O–H groups in total. The summed E-state index contributed by atoms with van der Waals surface area (Å²) < 4.78 is 0. The Morgan fingerprint density at radius 1 is 0.944 bits per heavy atom. The van der Waals surface area contributed by atoms with E-state index in [2.05, 4.69) is 41.3 Å². The van der Waals surface area contributed by atoms with Crippen molar-refractivity contribution in [1.29, 1.82) is 0 Å². The third kappa shape index (κ3) is 2.06. The summed E-state index contributed by atoms with van der Waals surface area (Å²) in [4.78, 5) is 2.39. The lowest BCUT2D eigenvalue weighted by molar-refractivity contribution is 0.761. The monoisotopic (exact) mass is 238 g/mol. The molecule has 2 aromatic rings. The SMILES string of the molecule is Nc1cccc(N2CCCCc3ccccc32)c1. The molecular weight excluding hydrogens is 220 g/mol. The van der Waals surface area contributed by atoms with E-state index in [4.69, 9.17) is 5.73 Å². The van der Waals surface area contributed by atoms with Crippen molar-refractivity contribution in [3.63, 3.8) is 0 Å². The fourth-order valence-electron chi connectivity index (χ4n) is 2.65. The number of fused-ring (bicyclic) bond motifs is 1. The Kier molecular flexibility index (Phi) is 2.93. The van der Waals surface area contributed by atoms with Crippen LogP contribution in [0.1, 0.15) is 18.4 Å². The number of nitrogens with zero attached hydrogens (tertiary/aromatic N) is 1. The fraction of sp³-hybridized carbons (Fsp3) is 0.250. The van der Waals surface area contributed by atoms with Crippen molar-refractivity contribution < 1.29 is 0 Å². The number of nitrogens with two attached hydrogens (primary N) is 1. The van der Waals surface area contributed by atoms with E-state index in [0.29, 0.717) is 0 Å². The van der Waals surface area contributed by atoms with E-state index in [9.17, 15) is 0 Å². The van der Waals surface area contributed by atoms with Gasteiger partial charge in [0.2, 0.25) is 0 Å². The van der Waals surface area contributed by atoms with Gasteiger partial charge in [-0.15, -0.1) is 0 Å². The van der Waals surface area contributed by atoms with Gasteiger partial charge in [-0.2, -0.15) is 0 Å². The number of para-hydroxylation sites is 1. The maximum absolute atomic E-state index is 5.90. The summed E-state index contributed by atoms with van der Waals surface area (Å²) in [6, 6.07) is 16.8. The highest BCUT2D eigenvalue weighted by molar-refractivity contribution is 5.69. The van der Waals surface area contributed by atoms with E-state index < -0.39 is 0 Å². The summed E-state index contributed by atoms with van der Waals surface area (Å²) >= 11 is 0. The molecule has 0 aromatic heterocycles. The molecule has 92 valence electrons.